The van der Waals surface area contributed by atoms with Crippen molar-refractivity contribution in [3.63, 3.8) is 0 Å². The molecule has 84 valence electrons. The number of rotatable bonds is 3. The molecule has 0 saturated heterocycles. The first-order valence-electron chi connectivity index (χ1n) is 5.52. The second-order valence-corrected chi connectivity index (χ2v) is 6.25. The molecule has 0 radical (unpaired) electrons. The Bertz CT molecular complexity index is 341. The molecule has 1 unspecified atom stereocenters. The van der Waals surface area contributed by atoms with Crippen LogP contribution in [-0.4, -0.2) is 11.7 Å². The van der Waals surface area contributed by atoms with Crippen LogP contribution in [0.5, 0.6) is 0 Å². The molecule has 2 rings (SSSR count). The van der Waals surface area contributed by atoms with Crippen molar-refractivity contribution in [3.05, 3.63) is 21.9 Å². The van der Waals surface area contributed by atoms with Gasteiger partial charge in [0.05, 0.1) is 6.10 Å². The zero-order chi connectivity index (χ0) is 11.1. The normalized spacial score (nSPS) is 32.4. The molecule has 1 saturated carbocycles. The van der Waals surface area contributed by atoms with Crippen molar-refractivity contribution in [1.29, 1.82) is 0 Å². The Labute approximate surface area is 95.1 Å². The van der Waals surface area contributed by atoms with E-state index in [1.54, 1.807) is 11.3 Å². The molecule has 1 aromatic heterocycles. The van der Waals surface area contributed by atoms with Gasteiger partial charge in [-0.3, -0.25) is 0 Å². The van der Waals surface area contributed by atoms with Gasteiger partial charge in [0.1, 0.15) is 0 Å². The minimum Gasteiger partial charge on any atom is -0.387 e. The molecule has 3 heteroatoms. The summed E-state index contributed by atoms with van der Waals surface area (Å²) in [7, 11) is 0. The quantitative estimate of drug-likeness (QED) is 0.830. The van der Waals surface area contributed by atoms with Crippen LogP contribution in [0.3, 0.4) is 0 Å². The summed E-state index contributed by atoms with van der Waals surface area (Å²) in [5.74, 6) is 0.712. The third-order valence-electron chi connectivity index (χ3n) is 3.53. The molecule has 0 aliphatic heterocycles. The molecule has 1 fully saturated rings. The van der Waals surface area contributed by atoms with Gasteiger partial charge < -0.3 is 10.8 Å². The summed E-state index contributed by atoms with van der Waals surface area (Å²) in [4.78, 5) is 2.33. The van der Waals surface area contributed by atoms with Gasteiger partial charge in [0.15, 0.2) is 0 Å². The van der Waals surface area contributed by atoms with Crippen LogP contribution in [0.2, 0.25) is 0 Å². The standard InChI is InChI=1S/C12H19NOS/c1-8-5-12(6-8,7-13)11(14)10-4-3-9(2)15-10/h3-4,8,11,14H,5-7,13H2,1-2H3. The molecule has 15 heavy (non-hydrogen) atoms. The molecule has 0 spiro atoms. The Hall–Kier alpha value is -0.380. The number of aliphatic hydroxyl groups excluding tert-OH is 1. The van der Waals surface area contributed by atoms with E-state index >= 15 is 0 Å². The number of nitrogens with two attached hydrogens (primary N) is 1. The van der Waals surface area contributed by atoms with Crippen LogP contribution in [-0.2, 0) is 0 Å². The van der Waals surface area contributed by atoms with Gasteiger partial charge in [-0.1, -0.05) is 6.92 Å². The Balaban J connectivity index is 2.16. The van der Waals surface area contributed by atoms with Crippen LogP contribution < -0.4 is 5.73 Å². The number of aliphatic hydroxyl groups is 1. The maximum atomic E-state index is 10.4. The van der Waals surface area contributed by atoms with Crippen LogP contribution >= 0.6 is 11.3 Å². The topological polar surface area (TPSA) is 46.2 Å². The lowest BCUT2D eigenvalue weighted by Gasteiger charge is -2.48. The predicted molar refractivity (Wildman–Crippen MR) is 63.9 cm³/mol. The first-order valence-corrected chi connectivity index (χ1v) is 6.33. The Morgan fingerprint density at radius 3 is 2.67 bits per heavy atom. The highest BCUT2D eigenvalue weighted by atomic mass is 32.1. The van der Waals surface area contributed by atoms with E-state index in [-0.39, 0.29) is 11.5 Å². The van der Waals surface area contributed by atoms with Gasteiger partial charge in [-0.15, -0.1) is 11.3 Å². The Morgan fingerprint density at radius 1 is 1.60 bits per heavy atom. The third-order valence-corrected chi connectivity index (χ3v) is 4.58. The van der Waals surface area contributed by atoms with E-state index in [2.05, 4.69) is 19.9 Å². The Morgan fingerprint density at radius 2 is 2.27 bits per heavy atom. The lowest BCUT2D eigenvalue weighted by molar-refractivity contribution is -0.0583. The van der Waals surface area contributed by atoms with Gasteiger partial charge in [-0.05, 0) is 37.8 Å². The largest absolute Gasteiger partial charge is 0.387 e. The van der Waals surface area contributed by atoms with Crippen molar-refractivity contribution in [2.45, 2.75) is 32.8 Å². The monoisotopic (exact) mass is 225 g/mol. The lowest BCUT2D eigenvalue weighted by atomic mass is 9.59. The van der Waals surface area contributed by atoms with Crippen LogP contribution in [0, 0.1) is 18.3 Å². The van der Waals surface area contributed by atoms with Gasteiger partial charge in [0, 0.05) is 21.7 Å². The predicted octanol–water partition coefficient (Wildman–Crippen LogP) is 2.46. The van der Waals surface area contributed by atoms with Crippen LogP contribution in [0.1, 0.15) is 35.6 Å². The minimum atomic E-state index is -0.364. The van der Waals surface area contributed by atoms with Crippen molar-refractivity contribution < 1.29 is 5.11 Å². The van der Waals surface area contributed by atoms with Crippen molar-refractivity contribution in [2.75, 3.05) is 6.54 Å². The first-order chi connectivity index (χ1) is 7.07. The summed E-state index contributed by atoms with van der Waals surface area (Å²) >= 11 is 1.68. The van der Waals surface area contributed by atoms with Crippen LogP contribution in [0.25, 0.3) is 0 Å². The maximum Gasteiger partial charge on any atom is 0.0950 e. The highest BCUT2D eigenvalue weighted by Gasteiger charge is 2.47. The molecular formula is C12H19NOS. The molecule has 1 atom stereocenters. The Kier molecular flexibility index (Phi) is 2.88. The number of hydrogen-bond acceptors (Lipinski definition) is 3. The van der Waals surface area contributed by atoms with Crippen molar-refractivity contribution in [3.8, 4) is 0 Å². The molecule has 1 aliphatic carbocycles. The van der Waals surface area contributed by atoms with E-state index in [1.807, 2.05) is 6.07 Å². The highest BCUT2D eigenvalue weighted by Crippen LogP contribution is 2.53. The smallest absolute Gasteiger partial charge is 0.0950 e. The summed E-state index contributed by atoms with van der Waals surface area (Å²) in [6.45, 7) is 4.88. The number of thiophene rings is 1. The van der Waals surface area contributed by atoms with Gasteiger partial charge in [-0.2, -0.15) is 0 Å². The number of hydrogen-bond donors (Lipinski definition) is 2. The maximum absolute atomic E-state index is 10.4. The minimum absolute atomic E-state index is 0.0449. The van der Waals surface area contributed by atoms with E-state index in [9.17, 15) is 5.11 Å². The zero-order valence-electron chi connectivity index (χ0n) is 9.36. The molecular weight excluding hydrogens is 206 g/mol. The highest BCUT2D eigenvalue weighted by molar-refractivity contribution is 7.12. The van der Waals surface area contributed by atoms with Gasteiger partial charge >= 0.3 is 0 Å². The molecule has 0 bridgehead atoms. The fourth-order valence-electron chi connectivity index (χ4n) is 2.73. The van der Waals surface area contributed by atoms with E-state index in [1.165, 1.54) is 4.88 Å². The molecule has 1 heterocycles. The van der Waals surface area contributed by atoms with Crippen molar-refractivity contribution in [2.24, 2.45) is 17.1 Å². The lowest BCUT2D eigenvalue weighted by Crippen LogP contribution is -2.46. The molecule has 0 amide bonds. The van der Waals surface area contributed by atoms with E-state index in [0.29, 0.717) is 12.5 Å². The molecule has 1 aliphatic rings. The molecule has 2 nitrogen and oxygen atoms in total. The van der Waals surface area contributed by atoms with E-state index in [4.69, 9.17) is 5.73 Å². The fraction of sp³-hybridized carbons (Fsp3) is 0.667. The van der Waals surface area contributed by atoms with Gasteiger partial charge in [-0.25, -0.2) is 0 Å². The van der Waals surface area contributed by atoms with E-state index in [0.717, 1.165) is 17.7 Å². The average Bonchev–Trinajstić information content (AvgIpc) is 2.58. The first kappa shape index (κ1) is 11.1. The second-order valence-electron chi connectivity index (χ2n) is 4.93. The molecule has 1 aromatic rings. The number of aryl methyl sites for hydroxylation is 1. The third kappa shape index (κ3) is 1.84. The summed E-state index contributed by atoms with van der Waals surface area (Å²) < 4.78 is 0. The summed E-state index contributed by atoms with van der Waals surface area (Å²) in [5.41, 5.74) is 5.78. The fourth-order valence-corrected chi connectivity index (χ4v) is 3.74. The summed E-state index contributed by atoms with van der Waals surface area (Å²) in [6, 6.07) is 4.10. The molecule has 0 aromatic carbocycles. The zero-order valence-corrected chi connectivity index (χ0v) is 10.2. The van der Waals surface area contributed by atoms with Crippen molar-refractivity contribution >= 4 is 11.3 Å². The van der Waals surface area contributed by atoms with Crippen molar-refractivity contribution in [1.82, 2.24) is 0 Å². The van der Waals surface area contributed by atoms with Crippen LogP contribution in [0.4, 0.5) is 0 Å². The second kappa shape index (κ2) is 3.89. The van der Waals surface area contributed by atoms with Crippen LogP contribution in [0.15, 0.2) is 12.1 Å². The van der Waals surface area contributed by atoms with E-state index < -0.39 is 0 Å². The summed E-state index contributed by atoms with van der Waals surface area (Å²) in [6.07, 6.45) is 1.75. The average molecular weight is 225 g/mol. The molecule has 3 N–H and O–H groups in total. The summed E-state index contributed by atoms with van der Waals surface area (Å²) in [5, 5.41) is 10.4. The van der Waals surface area contributed by atoms with Gasteiger partial charge in [0.2, 0.25) is 0 Å². The van der Waals surface area contributed by atoms with Gasteiger partial charge in [0.25, 0.3) is 0 Å². The SMILES string of the molecule is Cc1ccc(C(O)C2(CN)CC(C)C2)s1.